The van der Waals surface area contributed by atoms with Gasteiger partial charge in [0, 0.05) is 18.2 Å². The van der Waals surface area contributed by atoms with Gasteiger partial charge in [0.2, 0.25) is 0 Å². The highest BCUT2D eigenvalue weighted by Crippen LogP contribution is 2.38. The zero-order valence-corrected chi connectivity index (χ0v) is 23.2. The molecule has 0 amide bonds. The number of hydrogen-bond acceptors (Lipinski definition) is 6. The maximum absolute atomic E-state index is 14.6. The van der Waals surface area contributed by atoms with Crippen molar-refractivity contribution in [3.63, 3.8) is 0 Å². The fourth-order valence-electron chi connectivity index (χ4n) is 4.83. The molecule has 3 aromatic carbocycles. The highest BCUT2D eigenvalue weighted by Gasteiger charge is 2.23. The van der Waals surface area contributed by atoms with E-state index in [-0.39, 0.29) is 30.4 Å². The minimum Gasteiger partial charge on any atom is -0.494 e. The first-order valence-electron chi connectivity index (χ1n) is 13.0. The highest BCUT2D eigenvalue weighted by molar-refractivity contribution is 7.91. The van der Waals surface area contributed by atoms with Crippen molar-refractivity contribution in [2.45, 2.75) is 46.1 Å². The van der Waals surface area contributed by atoms with Crippen LogP contribution in [0.25, 0.3) is 11.1 Å². The molecule has 1 unspecified atom stereocenters. The number of fused-ring (bicyclic) bond motifs is 1. The van der Waals surface area contributed by atoms with Gasteiger partial charge in [-0.15, -0.1) is 0 Å². The Morgan fingerprint density at radius 1 is 1.15 bits per heavy atom. The fraction of sp³-hybridized carbons (Fsp3) is 0.367. The minimum absolute atomic E-state index is 0.104. The van der Waals surface area contributed by atoms with Crippen LogP contribution < -0.4 is 14.8 Å². The highest BCUT2D eigenvalue weighted by atomic mass is 32.2. The molecule has 1 aliphatic rings. The van der Waals surface area contributed by atoms with Gasteiger partial charge in [-0.2, -0.15) is 0 Å². The van der Waals surface area contributed by atoms with Crippen LogP contribution in [0.1, 0.15) is 48.1 Å². The molecule has 0 aliphatic carbocycles. The first kappa shape index (κ1) is 28.4. The lowest BCUT2D eigenvalue weighted by molar-refractivity contribution is -0.136. The van der Waals surface area contributed by atoms with E-state index < -0.39 is 21.6 Å². The Bertz CT molecular complexity index is 1450. The van der Waals surface area contributed by atoms with Crippen LogP contribution in [0, 0.1) is 19.7 Å². The summed E-state index contributed by atoms with van der Waals surface area (Å²) in [6.07, 6.45) is 0.408. The van der Waals surface area contributed by atoms with Crippen molar-refractivity contribution in [3.8, 4) is 22.6 Å². The molecule has 0 bridgehead atoms. The first-order valence-corrected chi connectivity index (χ1v) is 14.9. The summed E-state index contributed by atoms with van der Waals surface area (Å²) in [5.74, 6) is 0.0513. The maximum Gasteiger partial charge on any atom is 0.303 e. The van der Waals surface area contributed by atoms with E-state index in [4.69, 9.17) is 14.6 Å². The van der Waals surface area contributed by atoms with Gasteiger partial charge in [0.1, 0.15) is 33.8 Å². The number of nitrogens with one attached hydrogen (secondary N) is 1. The van der Waals surface area contributed by atoms with E-state index in [1.54, 1.807) is 13.0 Å². The van der Waals surface area contributed by atoms with E-state index in [1.807, 2.05) is 44.2 Å². The van der Waals surface area contributed by atoms with Crippen LogP contribution in [0.15, 0.2) is 48.5 Å². The topological polar surface area (TPSA) is 102 Å². The monoisotopic (exact) mass is 555 g/mol. The molecule has 208 valence electrons. The van der Waals surface area contributed by atoms with Gasteiger partial charge in [0.15, 0.2) is 0 Å². The zero-order valence-electron chi connectivity index (χ0n) is 22.4. The average molecular weight is 556 g/mol. The Kier molecular flexibility index (Phi) is 8.80. The molecular weight excluding hydrogens is 521 g/mol. The van der Waals surface area contributed by atoms with Crippen molar-refractivity contribution in [3.05, 3.63) is 76.6 Å². The number of aliphatic carboxylic acids is 1. The third kappa shape index (κ3) is 7.09. The molecular formula is C30H34FNO6S. The summed E-state index contributed by atoms with van der Waals surface area (Å²) in [6, 6.07) is 14.8. The third-order valence-electron chi connectivity index (χ3n) is 6.88. The number of carboxylic acid groups (broad SMARTS) is 1. The maximum atomic E-state index is 14.6. The summed E-state index contributed by atoms with van der Waals surface area (Å²) in [4.78, 5) is 10.9. The van der Waals surface area contributed by atoms with Crippen LogP contribution in [0.5, 0.6) is 11.5 Å². The number of hydrogen-bond donors (Lipinski definition) is 2. The SMILES string of the molecule is CCS(=O)(=O)CCCOc1cc(C)c(-c2cccc(C3COc4cc(CCC(=O)O)c(F)cc4N3)c2)c(C)c1. The van der Waals surface area contributed by atoms with E-state index in [1.165, 1.54) is 6.07 Å². The second-order valence-corrected chi connectivity index (χ2v) is 12.3. The van der Waals surface area contributed by atoms with Crippen LogP contribution in [-0.2, 0) is 21.1 Å². The summed E-state index contributed by atoms with van der Waals surface area (Å²) < 4.78 is 49.8. The van der Waals surface area contributed by atoms with Crippen LogP contribution >= 0.6 is 0 Å². The lowest BCUT2D eigenvalue weighted by atomic mass is 9.92. The third-order valence-corrected chi connectivity index (χ3v) is 8.67. The summed E-state index contributed by atoms with van der Waals surface area (Å²) in [5.41, 5.74) is 6.05. The van der Waals surface area contributed by atoms with E-state index in [9.17, 15) is 17.6 Å². The van der Waals surface area contributed by atoms with Gasteiger partial charge in [-0.25, -0.2) is 12.8 Å². The second kappa shape index (κ2) is 12.1. The predicted molar refractivity (Wildman–Crippen MR) is 150 cm³/mol. The second-order valence-electron chi connectivity index (χ2n) is 9.84. The number of benzene rings is 3. The van der Waals surface area contributed by atoms with Crippen LogP contribution in [-0.4, -0.2) is 44.2 Å². The van der Waals surface area contributed by atoms with Crippen molar-refractivity contribution in [1.82, 2.24) is 0 Å². The molecule has 9 heteroatoms. The molecule has 7 nitrogen and oxygen atoms in total. The normalized spacial score (nSPS) is 14.7. The summed E-state index contributed by atoms with van der Waals surface area (Å²) in [5, 5.41) is 12.3. The largest absolute Gasteiger partial charge is 0.494 e. The minimum atomic E-state index is -3.00. The van der Waals surface area contributed by atoms with Gasteiger partial charge in [-0.1, -0.05) is 25.1 Å². The zero-order chi connectivity index (χ0) is 28.2. The molecule has 3 aromatic rings. The average Bonchev–Trinajstić information content (AvgIpc) is 2.89. The Morgan fingerprint density at radius 3 is 2.59 bits per heavy atom. The molecule has 0 saturated carbocycles. The number of halogens is 1. The molecule has 39 heavy (non-hydrogen) atoms. The lowest BCUT2D eigenvalue weighted by Crippen LogP contribution is -2.24. The summed E-state index contributed by atoms with van der Waals surface area (Å²) in [6.45, 7) is 6.37. The summed E-state index contributed by atoms with van der Waals surface area (Å²) >= 11 is 0. The number of anilines is 1. The summed E-state index contributed by atoms with van der Waals surface area (Å²) in [7, 11) is -3.00. The number of aryl methyl sites for hydroxylation is 3. The van der Waals surface area contributed by atoms with Gasteiger partial charge in [0.25, 0.3) is 0 Å². The molecule has 1 atom stereocenters. The van der Waals surface area contributed by atoms with Crippen molar-refractivity contribution in [2.24, 2.45) is 0 Å². The van der Waals surface area contributed by atoms with Crippen molar-refractivity contribution < 1.29 is 32.2 Å². The predicted octanol–water partition coefficient (Wildman–Crippen LogP) is 5.88. The van der Waals surface area contributed by atoms with E-state index in [0.29, 0.717) is 42.4 Å². The molecule has 0 aromatic heterocycles. The lowest BCUT2D eigenvalue weighted by Gasteiger charge is -2.29. The molecule has 0 saturated heterocycles. The van der Waals surface area contributed by atoms with Gasteiger partial charge < -0.3 is 19.9 Å². The molecule has 0 radical (unpaired) electrons. The molecule has 4 rings (SSSR count). The molecule has 0 fully saturated rings. The number of carbonyl (C=O) groups is 1. The number of ether oxygens (including phenoxy) is 2. The van der Waals surface area contributed by atoms with Gasteiger partial charge in [0.05, 0.1) is 24.1 Å². The number of rotatable bonds is 11. The smallest absolute Gasteiger partial charge is 0.303 e. The molecule has 1 heterocycles. The Labute approximate surface area is 228 Å². The van der Waals surface area contributed by atoms with Gasteiger partial charge in [-0.3, -0.25) is 4.79 Å². The Balaban J connectivity index is 1.48. The van der Waals surface area contributed by atoms with E-state index >= 15 is 0 Å². The number of sulfone groups is 1. The molecule has 1 aliphatic heterocycles. The van der Waals surface area contributed by atoms with Crippen molar-refractivity contribution >= 4 is 21.5 Å². The van der Waals surface area contributed by atoms with Gasteiger partial charge >= 0.3 is 5.97 Å². The standard InChI is InChI=1S/C30H34FNO6S/c1-4-39(35,36)12-6-11-37-24-13-19(2)30(20(3)14-24)23-8-5-7-22(15-23)27-18-38-28-16-21(9-10-29(33)34)25(31)17-26(28)32-27/h5,7-8,13-17,27,32H,4,6,9-12,18H2,1-3H3,(H,33,34). The molecule has 2 N–H and O–H groups in total. The quantitative estimate of drug-likeness (QED) is 0.285. The van der Waals surface area contributed by atoms with E-state index in [0.717, 1.165) is 27.8 Å². The fourth-order valence-corrected chi connectivity index (χ4v) is 5.68. The van der Waals surface area contributed by atoms with Crippen LogP contribution in [0.2, 0.25) is 0 Å². The molecule has 0 spiro atoms. The van der Waals surface area contributed by atoms with E-state index in [2.05, 4.69) is 11.4 Å². The van der Waals surface area contributed by atoms with Crippen molar-refractivity contribution in [2.75, 3.05) is 30.0 Å². The van der Waals surface area contributed by atoms with Gasteiger partial charge in [-0.05, 0) is 84.3 Å². The Hall–Kier alpha value is -3.59. The van der Waals surface area contributed by atoms with Crippen molar-refractivity contribution in [1.29, 1.82) is 0 Å². The van der Waals surface area contributed by atoms with Crippen LogP contribution in [0.4, 0.5) is 10.1 Å². The number of carboxylic acids is 1. The van der Waals surface area contributed by atoms with Crippen LogP contribution in [0.3, 0.4) is 0 Å². The Morgan fingerprint density at radius 2 is 1.90 bits per heavy atom. The first-order chi connectivity index (χ1) is 18.6.